The number of imide groups is 1. The van der Waals surface area contributed by atoms with Crippen molar-refractivity contribution in [3.8, 4) is 5.75 Å². The zero-order valence-electron chi connectivity index (χ0n) is 17.3. The predicted molar refractivity (Wildman–Crippen MR) is 116 cm³/mol. The highest BCUT2D eigenvalue weighted by Gasteiger charge is 2.34. The minimum atomic E-state index is -0.472. The zero-order chi connectivity index (χ0) is 21.7. The van der Waals surface area contributed by atoms with E-state index in [4.69, 9.17) is 16.3 Å². The Morgan fingerprint density at radius 1 is 1.20 bits per heavy atom. The monoisotopic (exact) mass is 427 g/mol. The van der Waals surface area contributed by atoms with Crippen LogP contribution >= 0.6 is 11.6 Å². The molecule has 3 rings (SSSR count). The molecule has 1 fully saturated rings. The minimum Gasteiger partial charge on any atom is -0.496 e. The van der Waals surface area contributed by atoms with E-state index in [1.54, 1.807) is 25.3 Å². The summed E-state index contributed by atoms with van der Waals surface area (Å²) in [6.45, 7) is 1.80. The molecule has 0 bridgehead atoms. The maximum atomic E-state index is 13.2. The number of nitrogens with zero attached hydrogens (tertiary/aromatic N) is 1. The molecule has 158 valence electrons. The Kier molecular flexibility index (Phi) is 7.27. The van der Waals surface area contributed by atoms with Crippen molar-refractivity contribution in [3.63, 3.8) is 0 Å². The predicted octanol–water partition coefficient (Wildman–Crippen LogP) is 4.42. The number of ether oxygens (including phenoxy) is 1. The van der Waals surface area contributed by atoms with Crippen LogP contribution in [0.2, 0.25) is 5.02 Å². The summed E-state index contributed by atoms with van der Waals surface area (Å²) in [4.78, 5) is 39.6. The number of amides is 2. The van der Waals surface area contributed by atoms with E-state index in [2.05, 4.69) is 0 Å². The van der Waals surface area contributed by atoms with Gasteiger partial charge in [-0.05, 0) is 48.1 Å². The van der Waals surface area contributed by atoms with Crippen LogP contribution in [0.1, 0.15) is 43.2 Å². The van der Waals surface area contributed by atoms with Crippen LogP contribution in [0.5, 0.6) is 5.75 Å². The zero-order valence-corrected chi connectivity index (χ0v) is 18.0. The number of Topliss-reactive ketones (excluding diaryl/α,β-unsaturated/α-hetero) is 1. The van der Waals surface area contributed by atoms with Crippen LogP contribution in [0.25, 0.3) is 0 Å². The Morgan fingerprint density at radius 2 is 1.93 bits per heavy atom. The molecule has 1 unspecified atom stereocenters. The first-order valence-electron chi connectivity index (χ1n) is 10.1. The van der Waals surface area contributed by atoms with Crippen LogP contribution in [0, 0.1) is 5.92 Å². The highest BCUT2D eigenvalue weighted by molar-refractivity contribution is 6.30. The summed E-state index contributed by atoms with van der Waals surface area (Å²) < 4.78 is 5.39. The summed E-state index contributed by atoms with van der Waals surface area (Å²) in [5.41, 5.74) is 1.82. The molecule has 1 aliphatic rings. The largest absolute Gasteiger partial charge is 0.496 e. The summed E-state index contributed by atoms with van der Waals surface area (Å²) >= 11 is 6.12. The summed E-state index contributed by atoms with van der Waals surface area (Å²) in [6, 6.07) is 14.9. The fourth-order valence-corrected chi connectivity index (χ4v) is 4.05. The molecule has 0 N–H and O–H groups in total. The number of carbonyl (C=O) groups excluding carboxylic acids is 3. The molecule has 1 aliphatic heterocycles. The number of methoxy groups -OCH3 is 1. The molecule has 2 aromatic carbocycles. The van der Waals surface area contributed by atoms with Gasteiger partial charge in [0.05, 0.1) is 13.7 Å². The smallest absolute Gasteiger partial charge is 0.233 e. The van der Waals surface area contributed by atoms with Gasteiger partial charge in [-0.15, -0.1) is 0 Å². The van der Waals surface area contributed by atoms with Crippen LogP contribution in [0.15, 0.2) is 48.5 Å². The van der Waals surface area contributed by atoms with E-state index in [0.29, 0.717) is 23.6 Å². The Balaban J connectivity index is 1.78. The van der Waals surface area contributed by atoms with E-state index < -0.39 is 5.92 Å². The first kappa shape index (κ1) is 22.0. The van der Waals surface area contributed by atoms with Gasteiger partial charge in [0.15, 0.2) is 5.78 Å². The fourth-order valence-electron chi connectivity index (χ4n) is 3.86. The summed E-state index contributed by atoms with van der Waals surface area (Å²) in [5.74, 6) is -0.582. The molecule has 1 heterocycles. The van der Waals surface area contributed by atoms with Crippen LogP contribution < -0.4 is 4.74 Å². The van der Waals surface area contributed by atoms with Crippen LogP contribution in [0.3, 0.4) is 0 Å². The normalized spacial score (nSPS) is 18.1. The van der Waals surface area contributed by atoms with Gasteiger partial charge >= 0.3 is 0 Å². The number of hydrogen-bond acceptors (Lipinski definition) is 4. The van der Waals surface area contributed by atoms with Crippen molar-refractivity contribution >= 4 is 29.2 Å². The van der Waals surface area contributed by atoms with E-state index in [0.717, 1.165) is 16.0 Å². The first-order chi connectivity index (χ1) is 14.4. The Morgan fingerprint density at radius 3 is 2.63 bits per heavy atom. The Labute approximate surface area is 182 Å². The van der Waals surface area contributed by atoms with Crippen molar-refractivity contribution in [2.75, 3.05) is 13.7 Å². The average molecular weight is 428 g/mol. The number of carbonyl (C=O) groups is 3. The molecule has 2 atom stereocenters. The highest BCUT2D eigenvalue weighted by atomic mass is 35.5. The molecule has 0 aliphatic carbocycles. The van der Waals surface area contributed by atoms with E-state index in [9.17, 15) is 14.4 Å². The average Bonchev–Trinajstić information content (AvgIpc) is 2.88. The van der Waals surface area contributed by atoms with Gasteiger partial charge in [0.2, 0.25) is 11.8 Å². The fraction of sp³-hybridized carbons (Fsp3) is 0.375. The first-order valence-corrected chi connectivity index (χ1v) is 10.5. The standard InChI is InChI=1S/C24H26ClNO4/c1-16(17-6-4-3-5-7-17)12-23(28)26-15-21(27)10-8-18(24(26)29)13-19-14-20(25)9-11-22(19)30-2/h3-7,9,11,14,16,18H,8,10,12-13,15H2,1-2H3/t16-,18?/m0/s1. The molecular weight excluding hydrogens is 402 g/mol. The van der Waals surface area contributed by atoms with Crippen molar-refractivity contribution < 1.29 is 19.1 Å². The number of hydrogen-bond donors (Lipinski definition) is 0. The second-order valence-electron chi connectivity index (χ2n) is 7.77. The number of rotatable bonds is 6. The maximum absolute atomic E-state index is 13.2. The summed E-state index contributed by atoms with van der Waals surface area (Å²) in [5, 5.41) is 0.549. The summed E-state index contributed by atoms with van der Waals surface area (Å²) in [6.07, 6.45) is 1.23. The SMILES string of the molecule is COc1ccc(Cl)cc1CC1CCC(=O)CN(C(=O)C[C@H](C)c2ccccc2)C1=O. The lowest BCUT2D eigenvalue weighted by molar-refractivity contribution is -0.148. The lowest BCUT2D eigenvalue weighted by Crippen LogP contribution is -2.42. The number of likely N-dealkylation sites (tertiary alicyclic amines) is 1. The quantitative estimate of drug-likeness (QED) is 0.684. The van der Waals surface area contributed by atoms with Gasteiger partial charge in [-0.25, -0.2) is 0 Å². The van der Waals surface area contributed by atoms with Crippen LogP contribution in [-0.2, 0) is 20.8 Å². The molecule has 0 aromatic heterocycles. The van der Waals surface area contributed by atoms with Gasteiger partial charge in [-0.3, -0.25) is 19.3 Å². The molecule has 0 spiro atoms. The second kappa shape index (κ2) is 9.90. The van der Waals surface area contributed by atoms with E-state index >= 15 is 0 Å². The van der Waals surface area contributed by atoms with Crippen LogP contribution in [-0.4, -0.2) is 36.2 Å². The van der Waals surface area contributed by atoms with Crippen molar-refractivity contribution in [1.29, 1.82) is 0 Å². The minimum absolute atomic E-state index is 0.0451. The van der Waals surface area contributed by atoms with Gasteiger partial charge < -0.3 is 4.74 Å². The summed E-state index contributed by atoms with van der Waals surface area (Å²) in [7, 11) is 1.56. The molecular formula is C24H26ClNO4. The van der Waals surface area contributed by atoms with Gasteiger partial charge in [0, 0.05) is 23.8 Å². The van der Waals surface area contributed by atoms with Crippen molar-refractivity contribution in [1.82, 2.24) is 4.90 Å². The number of ketones is 1. The van der Waals surface area contributed by atoms with Crippen molar-refractivity contribution in [2.24, 2.45) is 5.92 Å². The lowest BCUT2D eigenvalue weighted by atomic mass is 9.93. The molecule has 2 amide bonds. The molecule has 6 heteroatoms. The van der Waals surface area contributed by atoms with Crippen molar-refractivity contribution in [3.05, 3.63) is 64.7 Å². The Hall–Kier alpha value is -2.66. The third-order valence-electron chi connectivity index (χ3n) is 5.58. The van der Waals surface area contributed by atoms with Crippen molar-refractivity contribution in [2.45, 2.75) is 38.5 Å². The lowest BCUT2D eigenvalue weighted by Gasteiger charge is -2.24. The molecule has 30 heavy (non-hydrogen) atoms. The maximum Gasteiger partial charge on any atom is 0.233 e. The van der Waals surface area contributed by atoms with E-state index in [-0.39, 0.29) is 42.9 Å². The van der Waals surface area contributed by atoms with E-state index in [1.807, 2.05) is 37.3 Å². The number of benzene rings is 2. The highest BCUT2D eigenvalue weighted by Crippen LogP contribution is 2.29. The topological polar surface area (TPSA) is 63.7 Å². The second-order valence-corrected chi connectivity index (χ2v) is 8.20. The third-order valence-corrected chi connectivity index (χ3v) is 5.82. The third kappa shape index (κ3) is 5.28. The van der Waals surface area contributed by atoms with Gasteiger partial charge in [-0.2, -0.15) is 0 Å². The van der Waals surface area contributed by atoms with Gasteiger partial charge in [0.1, 0.15) is 5.75 Å². The molecule has 1 saturated heterocycles. The van der Waals surface area contributed by atoms with Crippen LogP contribution in [0.4, 0.5) is 0 Å². The van der Waals surface area contributed by atoms with E-state index in [1.165, 1.54) is 0 Å². The molecule has 2 aromatic rings. The molecule has 0 saturated carbocycles. The molecule has 0 radical (unpaired) electrons. The molecule has 5 nitrogen and oxygen atoms in total. The Bertz CT molecular complexity index is 928. The van der Waals surface area contributed by atoms with Gasteiger partial charge in [-0.1, -0.05) is 48.9 Å². The van der Waals surface area contributed by atoms with Gasteiger partial charge in [0.25, 0.3) is 0 Å². The number of halogens is 1.